The summed E-state index contributed by atoms with van der Waals surface area (Å²) in [6.07, 6.45) is 14.4. The minimum Gasteiger partial charge on any atom is -0.296 e. The van der Waals surface area contributed by atoms with Gasteiger partial charge in [-0.05, 0) is 128 Å². The predicted molar refractivity (Wildman–Crippen MR) is 130 cm³/mol. The second kappa shape index (κ2) is 10.5. The Morgan fingerprint density at radius 3 is 1.76 bits per heavy atom. The van der Waals surface area contributed by atoms with Crippen molar-refractivity contribution < 1.29 is 0 Å². The second-order valence-electron chi connectivity index (χ2n) is 11.1. The van der Waals surface area contributed by atoms with Crippen molar-refractivity contribution in [2.75, 3.05) is 7.05 Å². The van der Waals surface area contributed by atoms with Gasteiger partial charge >= 0.3 is 0 Å². The fraction of sp³-hybridized carbons (Fsp3) is 0.786. The molecule has 0 N–H and O–H groups in total. The fourth-order valence-corrected chi connectivity index (χ4v) is 5.69. The summed E-state index contributed by atoms with van der Waals surface area (Å²) in [7, 11) is 2.32. The third kappa shape index (κ3) is 6.58. The van der Waals surface area contributed by atoms with Crippen LogP contribution in [0.15, 0.2) is 12.1 Å². The second-order valence-corrected chi connectivity index (χ2v) is 11.1. The van der Waals surface area contributed by atoms with Gasteiger partial charge in [0.1, 0.15) is 0 Å². The predicted octanol–water partition coefficient (Wildman–Crippen LogP) is 7.90. The zero-order chi connectivity index (χ0) is 21.7. The van der Waals surface area contributed by atoms with E-state index in [0.717, 1.165) is 5.92 Å². The van der Waals surface area contributed by atoms with Crippen molar-refractivity contribution in [1.82, 2.24) is 4.90 Å². The third-order valence-corrected chi connectivity index (χ3v) is 7.75. The number of hydrogen-bond donors (Lipinski definition) is 0. The molecule has 0 atom stereocenters. The molecule has 0 aromatic heterocycles. The lowest BCUT2D eigenvalue weighted by molar-refractivity contribution is -0.0319. The van der Waals surface area contributed by atoms with Gasteiger partial charge in [0.25, 0.3) is 0 Å². The lowest BCUT2D eigenvalue weighted by Crippen LogP contribution is -2.58. The smallest absolute Gasteiger partial charge is 0.0158 e. The number of rotatable bonds is 10. The number of hydrogen-bond acceptors (Lipinski definition) is 1. The largest absolute Gasteiger partial charge is 0.296 e. The summed E-state index contributed by atoms with van der Waals surface area (Å²) >= 11 is 0. The number of likely N-dealkylation sites (tertiary alicyclic amines) is 1. The molecule has 29 heavy (non-hydrogen) atoms. The Hall–Kier alpha value is -0.820. The van der Waals surface area contributed by atoms with Gasteiger partial charge in [0, 0.05) is 11.1 Å². The molecule has 0 saturated carbocycles. The Kier molecular flexibility index (Phi) is 8.83. The van der Waals surface area contributed by atoms with Crippen molar-refractivity contribution in [3.05, 3.63) is 34.4 Å². The molecule has 166 valence electrons. The average molecular weight is 400 g/mol. The maximum atomic E-state index is 2.61. The van der Waals surface area contributed by atoms with Crippen LogP contribution in [0.4, 0.5) is 0 Å². The van der Waals surface area contributed by atoms with Gasteiger partial charge in [-0.25, -0.2) is 0 Å². The number of piperidine rings is 1. The summed E-state index contributed by atoms with van der Waals surface area (Å²) in [5.74, 6) is 0.862. The van der Waals surface area contributed by atoms with Crippen molar-refractivity contribution in [2.45, 2.75) is 130 Å². The molecule has 1 nitrogen and oxygen atoms in total. The van der Waals surface area contributed by atoms with Crippen LogP contribution in [-0.2, 0) is 19.3 Å². The van der Waals surface area contributed by atoms with E-state index in [4.69, 9.17) is 0 Å². The highest BCUT2D eigenvalue weighted by atomic mass is 15.2. The first kappa shape index (κ1) is 24.4. The number of unbranched alkanes of at least 4 members (excludes halogenated alkanes) is 2. The van der Waals surface area contributed by atoms with E-state index in [1.807, 2.05) is 0 Å². The fourth-order valence-electron chi connectivity index (χ4n) is 5.69. The summed E-state index contributed by atoms with van der Waals surface area (Å²) in [5.41, 5.74) is 7.05. The van der Waals surface area contributed by atoms with Gasteiger partial charge in [-0.3, -0.25) is 4.90 Å². The highest BCUT2D eigenvalue weighted by molar-refractivity contribution is 5.39. The normalized spacial score (nSPS) is 19.6. The molecule has 2 rings (SSSR count). The Balaban J connectivity index is 2.03. The minimum atomic E-state index is 0.316. The molecule has 1 fully saturated rings. The van der Waals surface area contributed by atoms with Crippen LogP contribution < -0.4 is 0 Å². The summed E-state index contributed by atoms with van der Waals surface area (Å²) in [6, 6.07) is 5.09. The summed E-state index contributed by atoms with van der Waals surface area (Å²) in [4.78, 5) is 2.61. The van der Waals surface area contributed by atoms with Crippen LogP contribution in [0.2, 0.25) is 0 Å². The highest BCUT2D eigenvalue weighted by Crippen LogP contribution is 2.41. The molecular formula is C28H49N. The van der Waals surface area contributed by atoms with E-state index in [9.17, 15) is 0 Å². The molecule has 0 spiro atoms. The highest BCUT2D eigenvalue weighted by Gasteiger charge is 2.42. The van der Waals surface area contributed by atoms with E-state index in [1.165, 1.54) is 70.6 Å². The first-order chi connectivity index (χ1) is 13.6. The number of nitrogens with zero attached hydrogens (tertiary/aromatic N) is 1. The van der Waals surface area contributed by atoms with Crippen molar-refractivity contribution in [3.8, 4) is 0 Å². The zero-order valence-electron chi connectivity index (χ0n) is 21.0. The SMILES string of the molecule is CCCCc1cc(CCCC2CC(C)(C)N(C)C(C)(C)C2)cc(CCCC)c1C. The number of aryl methyl sites for hydroxylation is 3. The van der Waals surface area contributed by atoms with E-state index >= 15 is 0 Å². The summed E-state index contributed by atoms with van der Waals surface area (Å²) in [5, 5.41) is 0. The van der Waals surface area contributed by atoms with Crippen molar-refractivity contribution >= 4 is 0 Å². The monoisotopic (exact) mass is 399 g/mol. The molecule has 1 aromatic rings. The summed E-state index contributed by atoms with van der Waals surface area (Å²) in [6.45, 7) is 16.7. The molecule has 0 bridgehead atoms. The van der Waals surface area contributed by atoms with Crippen LogP contribution >= 0.6 is 0 Å². The molecular weight excluding hydrogens is 350 g/mol. The van der Waals surface area contributed by atoms with E-state index in [1.54, 1.807) is 22.3 Å². The van der Waals surface area contributed by atoms with Crippen LogP contribution in [0.3, 0.4) is 0 Å². The van der Waals surface area contributed by atoms with E-state index in [-0.39, 0.29) is 0 Å². The third-order valence-electron chi connectivity index (χ3n) is 7.75. The quantitative estimate of drug-likeness (QED) is 0.386. The molecule has 0 radical (unpaired) electrons. The first-order valence-electron chi connectivity index (χ1n) is 12.5. The molecule has 0 amide bonds. The molecule has 1 aliphatic heterocycles. The Labute approximate surface area is 182 Å². The maximum Gasteiger partial charge on any atom is 0.0158 e. The lowest BCUT2D eigenvalue weighted by Gasteiger charge is -2.54. The lowest BCUT2D eigenvalue weighted by atomic mass is 9.72. The molecule has 1 aromatic carbocycles. The molecule has 1 saturated heterocycles. The van der Waals surface area contributed by atoms with Crippen molar-refractivity contribution in [3.63, 3.8) is 0 Å². The van der Waals surface area contributed by atoms with Crippen LogP contribution in [0.5, 0.6) is 0 Å². The van der Waals surface area contributed by atoms with Gasteiger partial charge in [0.2, 0.25) is 0 Å². The van der Waals surface area contributed by atoms with Gasteiger partial charge < -0.3 is 0 Å². The summed E-state index contributed by atoms with van der Waals surface area (Å²) < 4.78 is 0. The van der Waals surface area contributed by atoms with E-state index in [0.29, 0.717) is 11.1 Å². The Morgan fingerprint density at radius 1 is 0.828 bits per heavy atom. The van der Waals surface area contributed by atoms with E-state index in [2.05, 4.69) is 72.5 Å². The van der Waals surface area contributed by atoms with Crippen molar-refractivity contribution in [2.24, 2.45) is 5.92 Å². The van der Waals surface area contributed by atoms with Crippen LogP contribution in [0, 0.1) is 12.8 Å². The molecule has 0 unspecified atom stereocenters. The maximum absolute atomic E-state index is 2.61. The van der Waals surface area contributed by atoms with Gasteiger partial charge in [-0.1, -0.05) is 38.8 Å². The van der Waals surface area contributed by atoms with Crippen LogP contribution in [-0.4, -0.2) is 23.0 Å². The van der Waals surface area contributed by atoms with Crippen molar-refractivity contribution in [1.29, 1.82) is 0 Å². The minimum absolute atomic E-state index is 0.316. The Morgan fingerprint density at radius 2 is 1.31 bits per heavy atom. The molecule has 1 heterocycles. The van der Waals surface area contributed by atoms with E-state index < -0.39 is 0 Å². The standard InChI is InChI=1S/C28H49N/c1-9-11-16-25-18-23(19-26(22(25)3)17-12-10-2)14-13-15-24-20-27(4,5)29(8)28(6,7)21-24/h18-19,24H,9-17,20-21H2,1-8H3. The zero-order valence-corrected chi connectivity index (χ0v) is 21.0. The van der Waals surface area contributed by atoms with Gasteiger partial charge in [-0.15, -0.1) is 0 Å². The molecule has 1 heteroatoms. The van der Waals surface area contributed by atoms with Crippen LogP contribution in [0.1, 0.15) is 115 Å². The average Bonchev–Trinajstić information content (AvgIpc) is 2.64. The molecule has 1 aliphatic rings. The van der Waals surface area contributed by atoms with Crippen LogP contribution in [0.25, 0.3) is 0 Å². The number of benzene rings is 1. The van der Waals surface area contributed by atoms with Gasteiger partial charge in [0.15, 0.2) is 0 Å². The van der Waals surface area contributed by atoms with Gasteiger partial charge in [-0.2, -0.15) is 0 Å². The Bertz CT molecular complexity index is 593. The first-order valence-corrected chi connectivity index (χ1v) is 12.5. The van der Waals surface area contributed by atoms with Gasteiger partial charge in [0.05, 0.1) is 0 Å². The topological polar surface area (TPSA) is 3.24 Å². The molecule has 0 aliphatic carbocycles.